The van der Waals surface area contributed by atoms with E-state index in [1.807, 2.05) is 0 Å². The highest BCUT2D eigenvalue weighted by Crippen LogP contribution is 2.63. The molecule has 1 atom stereocenters. The number of hydrogen-bond acceptors (Lipinski definition) is 2. The van der Waals surface area contributed by atoms with Gasteiger partial charge in [-0.05, 0) is 91.4 Å². The molecule has 7 aromatic carbocycles. The second-order valence-electron chi connectivity index (χ2n) is 14.4. The topological polar surface area (TPSA) is 25.8 Å². The summed E-state index contributed by atoms with van der Waals surface area (Å²) >= 11 is 0. The molecule has 1 spiro atoms. The Hall–Kier alpha value is -6.64. The third-order valence-corrected chi connectivity index (χ3v) is 11.5. The number of nitrogens with zero attached hydrogens (tertiary/aromatic N) is 2. The number of aromatic nitrogens is 2. The van der Waals surface area contributed by atoms with Gasteiger partial charge >= 0.3 is 0 Å². The van der Waals surface area contributed by atoms with Crippen LogP contribution < -0.4 is 0 Å². The van der Waals surface area contributed by atoms with E-state index in [1.165, 1.54) is 66.4 Å². The van der Waals surface area contributed by atoms with Crippen molar-refractivity contribution in [1.29, 1.82) is 0 Å². The van der Waals surface area contributed by atoms with E-state index < -0.39 is 5.41 Å². The Morgan fingerprint density at radius 2 is 1.06 bits per heavy atom. The Labute approximate surface area is 309 Å². The summed E-state index contributed by atoms with van der Waals surface area (Å²) in [7, 11) is 0. The van der Waals surface area contributed by atoms with Gasteiger partial charge in [-0.25, -0.2) is 9.97 Å². The van der Waals surface area contributed by atoms with Crippen molar-refractivity contribution >= 4 is 16.3 Å². The van der Waals surface area contributed by atoms with E-state index in [2.05, 4.69) is 182 Å². The predicted octanol–water partition coefficient (Wildman–Crippen LogP) is 12.7. The molecule has 0 saturated carbocycles. The van der Waals surface area contributed by atoms with Gasteiger partial charge in [0.1, 0.15) is 0 Å². The van der Waals surface area contributed by atoms with Crippen LogP contribution in [0.2, 0.25) is 0 Å². The van der Waals surface area contributed by atoms with Gasteiger partial charge in [-0.1, -0.05) is 170 Å². The third kappa shape index (κ3) is 4.45. The van der Waals surface area contributed by atoms with Crippen molar-refractivity contribution in [2.75, 3.05) is 0 Å². The second kappa shape index (κ2) is 11.7. The Morgan fingerprint density at radius 1 is 0.434 bits per heavy atom. The molecule has 1 unspecified atom stereocenters. The molecule has 3 aliphatic rings. The van der Waals surface area contributed by atoms with Gasteiger partial charge in [-0.3, -0.25) is 0 Å². The van der Waals surface area contributed by atoms with Gasteiger partial charge in [-0.2, -0.15) is 0 Å². The van der Waals surface area contributed by atoms with E-state index in [0.29, 0.717) is 0 Å². The lowest BCUT2D eigenvalue weighted by molar-refractivity contribution is 0.754. The lowest BCUT2D eigenvalue weighted by Crippen LogP contribution is -2.27. The van der Waals surface area contributed by atoms with Crippen LogP contribution in [-0.2, 0) is 5.41 Å². The van der Waals surface area contributed by atoms with Gasteiger partial charge < -0.3 is 0 Å². The van der Waals surface area contributed by atoms with Crippen LogP contribution in [0.5, 0.6) is 0 Å². The van der Waals surface area contributed by atoms with Crippen molar-refractivity contribution in [3.63, 3.8) is 0 Å². The van der Waals surface area contributed by atoms with E-state index >= 15 is 0 Å². The lowest BCUT2D eigenvalue weighted by atomic mass is 9.72. The molecule has 1 aromatic heterocycles. The molecule has 0 radical (unpaired) electrons. The highest BCUT2D eigenvalue weighted by atomic mass is 14.9. The number of rotatable bonds is 4. The van der Waals surface area contributed by atoms with E-state index in [9.17, 15) is 0 Å². The van der Waals surface area contributed by atoms with Gasteiger partial charge in [0.2, 0.25) is 0 Å². The van der Waals surface area contributed by atoms with Crippen molar-refractivity contribution in [3.8, 4) is 55.8 Å². The molecule has 2 nitrogen and oxygen atoms in total. The average Bonchev–Trinajstić information content (AvgIpc) is 3.71. The maximum absolute atomic E-state index is 5.65. The smallest absolute Gasteiger partial charge is 0.159 e. The summed E-state index contributed by atoms with van der Waals surface area (Å²) in [5.41, 5.74) is 17.2. The molecule has 0 saturated heterocycles. The SMILES string of the molecule is C1=CC(c2nc(-c3ccccc3)c3c(n2)C2(c4ccccc4-c4ccc(-c5ccc(-c6ccc7ccccc7c6)cc5)cc42)c2ccccc2-3)=CCC1. The molecular formula is C51H34N2. The first kappa shape index (κ1) is 30.0. The molecule has 2 heteroatoms. The predicted molar refractivity (Wildman–Crippen MR) is 218 cm³/mol. The van der Waals surface area contributed by atoms with Crippen LogP contribution in [0.15, 0.2) is 182 Å². The molecule has 1 heterocycles. The summed E-state index contributed by atoms with van der Waals surface area (Å²) in [5, 5.41) is 2.52. The van der Waals surface area contributed by atoms with Crippen LogP contribution in [0.25, 0.3) is 72.1 Å². The Bertz CT molecular complexity index is 2830. The second-order valence-corrected chi connectivity index (χ2v) is 14.4. The van der Waals surface area contributed by atoms with Crippen LogP contribution in [-0.4, -0.2) is 9.97 Å². The monoisotopic (exact) mass is 674 g/mol. The van der Waals surface area contributed by atoms with Gasteiger partial charge in [0.15, 0.2) is 5.82 Å². The van der Waals surface area contributed by atoms with E-state index in [4.69, 9.17) is 9.97 Å². The standard InChI is InChI=1S/C51H34N2/c1-3-14-36(15-4-1)48-47-43-20-10-12-22-45(43)51(49(47)53-50(52-48)37-16-5-2-6-17-37)44-21-11-9-19-41(44)42-30-29-40(32-46(42)51)35-25-23-34(24-26-35)39-28-27-33-13-7-8-18-38(33)31-39/h1,3-5,7-32H,2,6H2. The zero-order valence-electron chi connectivity index (χ0n) is 29.1. The minimum absolute atomic E-state index is 0.598. The molecule has 3 aliphatic carbocycles. The molecule has 248 valence electrons. The van der Waals surface area contributed by atoms with E-state index in [-0.39, 0.29) is 0 Å². The van der Waals surface area contributed by atoms with Gasteiger partial charge in [0.25, 0.3) is 0 Å². The Kier molecular flexibility index (Phi) is 6.63. The average molecular weight is 675 g/mol. The van der Waals surface area contributed by atoms with Gasteiger partial charge in [0, 0.05) is 16.7 Å². The molecule has 8 aromatic rings. The summed E-state index contributed by atoms with van der Waals surface area (Å²) in [6, 6.07) is 60.0. The molecule has 0 N–H and O–H groups in total. The van der Waals surface area contributed by atoms with Crippen molar-refractivity contribution in [2.45, 2.75) is 18.3 Å². The lowest BCUT2D eigenvalue weighted by Gasteiger charge is -2.30. The van der Waals surface area contributed by atoms with Crippen molar-refractivity contribution < 1.29 is 0 Å². The summed E-state index contributed by atoms with van der Waals surface area (Å²) in [6.07, 6.45) is 8.78. The fourth-order valence-corrected chi connectivity index (χ4v) is 9.08. The zero-order chi connectivity index (χ0) is 34.9. The Morgan fingerprint density at radius 3 is 1.83 bits per heavy atom. The van der Waals surface area contributed by atoms with Crippen LogP contribution in [0.3, 0.4) is 0 Å². The molecule has 11 rings (SSSR count). The van der Waals surface area contributed by atoms with Crippen molar-refractivity contribution in [2.24, 2.45) is 0 Å². The molecule has 53 heavy (non-hydrogen) atoms. The molecule has 0 bridgehead atoms. The minimum atomic E-state index is -0.598. The summed E-state index contributed by atoms with van der Waals surface area (Å²) in [6.45, 7) is 0. The Balaban J connectivity index is 1.14. The number of fused-ring (bicyclic) bond motifs is 11. The largest absolute Gasteiger partial charge is 0.231 e. The van der Waals surface area contributed by atoms with Gasteiger partial charge in [0.05, 0.1) is 16.8 Å². The van der Waals surface area contributed by atoms with Crippen LogP contribution >= 0.6 is 0 Å². The quantitative estimate of drug-likeness (QED) is 0.186. The first-order valence-corrected chi connectivity index (χ1v) is 18.6. The molecule has 0 aliphatic heterocycles. The first-order valence-electron chi connectivity index (χ1n) is 18.6. The normalized spacial score (nSPS) is 16.3. The van der Waals surface area contributed by atoms with Crippen molar-refractivity contribution in [1.82, 2.24) is 9.97 Å². The molecular weight excluding hydrogens is 641 g/mol. The first-order chi connectivity index (χ1) is 26.3. The maximum Gasteiger partial charge on any atom is 0.159 e. The van der Waals surface area contributed by atoms with Crippen molar-refractivity contribution in [3.05, 3.63) is 210 Å². The van der Waals surface area contributed by atoms with E-state index in [0.717, 1.165) is 46.8 Å². The van der Waals surface area contributed by atoms with Gasteiger partial charge in [-0.15, -0.1) is 0 Å². The fourth-order valence-electron chi connectivity index (χ4n) is 9.08. The maximum atomic E-state index is 5.65. The third-order valence-electron chi connectivity index (χ3n) is 11.5. The molecule has 0 fully saturated rings. The van der Waals surface area contributed by atoms with Crippen LogP contribution in [0, 0.1) is 0 Å². The molecule has 0 amide bonds. The van der Waals surface area contributed by atoms with Crippen LogP contribution in [0.1, 0.15) is 41.1 Å². The number of benzene rings is 7. The fraction of sp³-hybridized carbons (Fsp3) is 0.0588. The summed E-state index contributed by atoms with van der Waals surface area (Å²) in [4.78, 5) is 11.0. The zero-order valence-corrected chi connectivity index (χ0v) is 29.1. The highest BCUT2D eigenvalue weighted by Gasteiger charge is 2.54. The minimum Gasteiger partial charge on any atom is -0.231 e. The number of allylic oxidation sites excluding steroid dienone is 4. The highest BCUT2D eigenvalue weighted by molar-refractivity contribution is 5.99. The summed E-state index contributed by atoms with van der Waals surface area (Å²) < 4.78 is 0. The number of hydrogen-bond donors (Lipinski definition) is 0. The van der Waals surface area contributed by atoms with E-state index in [1.54, 1.807) is 0 Å². The summed E-state index contributed by atoms with van der Waals surface area (Å²) in [5.74, 6) is 0.789. The van der Waals surface area contributed by atoms with Crippen LogP contribution in [0.4, 0.5) is 0 Å².